The average Bonchev–Trinajstić information content (AvgIpc) is 2.88. The monoisotopic (exact) mass is 339 g/mol. The molecule has 3 rings (SSSR count). The maximum absolute atomic E-state index is 6.25. The van der Waals surface area contributed by atoms with E-state index in [0.717, 1.165) is 22.3 Å². The van der Waals surface area contributed by atoms with Crippen LogP contribution in [0.5, 0.6) is 5.75 Å². The molecule has 0 saturated heterocycles. The molecule has 1 atom stereocenters. The molecule has 4 N–H and O–H groups in total. The van der Waals surface area contributed by atoms with E-state index in [1.807, 2.05) is 41.1 Å². The molecular weight excluding hydrogens is 314 g/mol. The predicted octanol–water partition coefficient (Wildman–Crippen LogP) is 2.72. The number of pyridine rings is 1. The molecule has 132 valence electrons. The zero-order valence-corrected chi connectivity index (χ0v) is 14.9. The van der Waals surface area contributed by atoms with Gasteiger partial charge in [-0.2, -0.15) is 0 Å². The molecule has 0 spiro atoms. The number of nitrogens with two attached hydrogens (primary N) is 2. The van der Waals surface area contributed by atoms with Gasteiger partial charge in [0.25, 0.3) is 0 Å². The fourth-order valence-electron chi connectivity index (χ4n) is 2.68. The Morgan fingerprint density at radius 1 is 1.20 bits per heavy atom. The van der Waals surface area contributed by atoms with Crippen LogP contribution < -0.4 is 16.2 Å². The van der Waals surface area contributed by atoms with Gasteiger partial charge in [-0.3, -0.25) is 4.98 Å². The van der Waals surface area contributed by atoms with Crippen LogP contribution in [-0.4, -0.2) is 27.2 Å². The van der Waals surface area contributed by atoms with Crippen molar-refractivity contribution in [2.75, 3.05) is 12.3 Å². The van der Waals surface area contributed by atoms with Crippen molar-refractivity contribution in [2.45, 2.75) is 38.8 Å². The van der Waals surface area contributed by atoms with E-state index in [2.05, 4.69) is 30.7 Å². The summed E-state index contributed by atoms with van der Waals surface area (Å²) in [5.41, 5.74) is 15.3. The minimum absolute atomic E-state index is 0.0265. The molecule has 1 aromatic carbocycles. The molecule has 2 heterocycles. The SMILES string of the molecule is CC(C)(C)c1cncc(OC[C@@H](N)Cn2c(N)nc3ccccc32)c1. The first-order chi connectivity index (χ1) is 11.8. The van der Waals surface area contributed by atoms with Crippen molar-refractivity contribution in [1.82, 2.24) is 14.5 Å². The van der Waals surface area contributed by atoms with Crippen molar-refractivity contribution in [3.05, 3.63) is 48.3 Å². The van der Waals surface area contributed by atoms with E-state index in [-0.39, 0.29) is 11.5 Å². The lowest BCUT2D eigenvalue weighted by Gasteiger charge is -2.20. The summed E-state index contributed by atoms with van der Waals surface area (Å²) in [5, 5.41) is 0. The highest BCUT2D eigenvalue weighted by Gasteiger charge is 2.16. The van der Waals surface area contributed by atoms with Gasteiger partial charge < -0.3 is 20.8 Å². The maximum atomic E-state index is 6.25. The first-order valence-corrected chi connectivity index (χ1v) is 8.39. The van der Waals surface area contributed by atoms with E-state index >= 15 is 0 Å². The standard InChI is InChI=1S/C19H25N5O/c1-19(2,3)13-8-15(10-22-9-13)25-12-14(20)11-24-17-7-5-4-6-16(17)23-18(24)21/h4-10,14H,11-12,20H2,1-3H3,(H2,21,23)/t14-/m0/s1. The highest BCUT2D eigenvalue weighted by atomic mass is 16.5. The Balaban J connectivity index is 1.67. The summed E-state index contributed by atoms with van der Waals surface area (Å²) in [5.74, 6) is 1.19. The van der Waals surface area contributed by atoms with E-state index in [0.29, 0.717) is 19.1 Å². The fourth-order valence-corrected chi connectivity index (χ4v) is 2.68. The lowest BCUT2D eigenvalue weighted by Crippen LogP contribution is -2.33. The van der Waals surface area contributed by atoms with E-state index in [1.165, 1.54) is 0 Å². The molecule has 0 unspecified atom stereocenters. The van der Waals surface area contributed by atoms with Crippen molar-refractivity contribution in [3.8, 4) is 5.75 Å². The van der Waals surface area contributed by atoms with E-state index in [1.54, 1.807) is 6.20 Å². The Morgan fingerprint density at radius 2 is 1.96 bits per heavy atom. The van der Waals surface area contributed by atoms with Crippen LogP contribution >= 0.6 is 0 Å². The Hall–Kier alpha value is -2.60. The van der Waals surface area contributed by atoms with Gasteiger partial charge in [-0.05, 0) is 29.2 Å². The maximum Gasteiger partial charge on any atom is 0.201 e. The number of imidazole rings is 1. The minimum Gasteiger partial charge on any atom is -0.490 e. The van der Waals surface area contributed by atoms with Crippen molar-refractivity contribution >= 4 is 17.0 Å². The zero-order chi connectivity index (χ0) is 18.0. The molecule has 0 aliphatic rings. The smallest absolute Gasteiger partial charge is 0.201 e. The first kappa shape index (κ1) is 17.2. The Labute approximate surface area is 147 Å². The highest BCUT2D eigenvalue weighted by Crippen LogP contribution is 2.24. The molecule has 25 heavy (non-hydrogen) atoms. The normalized spacial score (nSPS) is 13.1. The summed E-state index contributed by atoms with van der Waals surface area (Å²) < 4.78 is 7.77. The molecule has 0 fully saturated rings. The second kappa shape index (κ2) is 6.72. The lowest BCUT2D eigenvalue weighted by molar-refractivity contribution is 0.275. The van der Waals surface area contributed by atoms with Crippen LogP contribution in [-0.2, 0) is 12.0 Å². The van der Waals surface area contributed by atoms with Crippen molar-refractivity contribution in [2.24, 2.45) is 5.73 Å². The van der Waals surface area contributed by atoms with Crippen LogP contribution in [0.25, 0.3) is 11.0 Å². The van der Waals surface area contributed by atoms with Crippen LogP contribution in [0.1, 0.15) is 26.3 Å². The Morgan fingerprint density at radius 3 is 2.72 bits per heavy atom. The third kappa shape index (κ3) is 3.91. The van der Waals surface area contributed by atoms with E-state index in [4.69, 9.17) is 16.2 Å². The van der Waals surface area contributed by atoms with Crippen LogP contribution in [0.3, 0.4) is 0 Å². The molecule has 0 bridgehead atoms. The highest BCUT2D eigenvalue weighted by molar-refractivity contribution is 5.78. The molecule has 2 aromatic heterocycles. The number of para-hydroxylation sites is 2. The Bertz CT molecular complexity index is 866. The minimum atomic E-state index is -0.210. The zero-order valence-electron chi connectivity index (χ0n) is 14.9. The lowest BCUT2D eigenvalue weighted by atomic mass is 9.88. The number of benzene rings is 1. The summed E-state index contributed by atoms with van der Waals surface area (Å²) in [6.07, 6.45) is 3.58. The fraction of sp³-hybridized carbons (Fsp3) is 0.368. The summed E-state index contributed by atoms with van der Waals surface area (Å²) >= 11 is 0. The summed E-state index contributed by atoms with van der Waals surface area (Å²) in [7, 11) is 0. The molecule has 6 heteroatoms. The van der Waals surface area contributed by atoms with Gasteiger partial charge in [0.15, 0.2) is 0 Å². The second-order valence-corrected chi connectivity index (χ2v) is 7.30. The number of hydrogen-bond donors (Lipinski definition) is 2. The van der Waals surface area contributed by atoms with Crippen LogP contribution in [0, 0.1) is 0 Å². The topological polar surface area (TPSA) is 92.0 Å². The number of ether oxygens (including phenoxy) is 1. The number of aromatic nitrogens is 3. The van der Waals surface area contributed by atoms with Gasteiger partial charge in [0.2, 0.25) is 5.95 Å². The number of hydrogen-bond acceptors (Lipinski definition) is 5. The van der Waals surface area contributed by atoms with Crippen molar-refractivity contribution in [1.29, 1.82) is 0 Å². The van der Waals surface area contributed by atoms with Gasteiger partial charge in [-0.25, -0.2) is 4.98 Å². The van der Waals surface area contributed by atoms with E-state index in [9.17, 15) is 0 Å². The first-order valence-electron chi connectivity index (χ1n) is 8.39. The van der Waals surface area contributed by atoms with Gasteiger partial charge in [-0.15, -0.1) is 0 Å². The number of anilines is 1. The van der Waals surface area contributed by atoms with Gasteiger partial charge in [0.1, 0.15) is 12.4 Å². The largest absolute Gasteiger partial charge is 0.490 e. The number of nitrogen functional groups attached to an aromatic ring is 1. The van der Waals surface area contributed by atoms with Gasteiger partial charge >= 0.3 is 0 Å². The van der Waals surface area contributed by atoms with Crippen LogP contribution in [0.2, 0.25) is 0 Å². The summed E-state index contributed by atoms with van der Waals surface area (Å²) in [6, 6.07) is 9.64. The number of rotatable bonds is 5. The molecule has 3 aromatic rings. The molecule has 0 amide bonds. The Kier molecular flexibility index (Phi) is 4.63. The summed E-state index contributed by atoms with van der Waals surface area (Å²) in [4.78, 5) is 8.62. The van der Waals surface area contributed by atoms with Crippen molar-refractivity contribution < 1.29 is 4.74 Å². The number of nitrogens with zero attached hydrogens (tertiary/aromatic N) is 3. The van der Waals surface area contributed by atoms with Gasteiger partial charge in [0.05, 0.1) is 23.3 Å². The third-order valence-corrected chi connectivity index (χ3v) is 4.14. The number of fused-ring (bicyclic) bond motifs is 1. The van der Waals surface area contributed by atoms with Crippen LogP contribution in [0.15, 0.2) is 42.7 Å². The quantitative estimate of drug-likeness (QED) is 0.745. The predicted molar refractivity (Wildman–Crippen MR) is 101 cm³/mol. The molecule has 6 nitrogen and oxygen atoms in total. The van der Waals surface area contributed by atoms with Crippen molar-refractivity contribution in [3.63, 3.8) is 0 Å². The summed E-state index contributed by atoms with van der Waals surface area (Å²) in [6.45, 7) is 7.35. The average molecular weight is 339 g/mol. The third-order valence-electron chi connectivity index (χ3n) is 4.14. The van der Waals surface area contributed by atoms with Crippen LogP contribution in [0.4, 0.5) is 5.95 Å². The molecular formula is C19H25N5O. The molecule has 0 aliphatic heterocycles. The molecule has 0 saturated carbocycles. The van der Waals surface area contributed by atoms with Gasteiger partial charge in [-0.1, -0.05) is 32.9 Å². The molecule has 0 radical (unpaired) electrons. The molecule has 0 aliphatic carbocycles. The second-order valence-electron chi connectivity index (χ2n) is 7.30. The van der Waals surface area contributed by atoms with E-state index < -0.39 is 0 Å². The van der Waals surface area contributed by atoms with Gasteiger partial charge in [0, 0.05) is 12.7 Å².